The number of carbonyl (C=O) groups is 1. The van der Waals surface area contributed by atoms with Crippen molar-refractivity contribution in [1.82, 2.24) is 9.88 Å². The first-order chi connectivity index (χ1) is 9.45. The second-order valence-corrected chi connectivity index (χ2v) is 5.41. The highest BCUT2D eigenvalue weighted by molar-refractivity contribution is 5.79. The van der Waals surface area contributed by atoms with Gasteiger partial charge in [0.2, 0.25) is 0 Å². The van der Waals surface area contributed by atoms with E-state index < -0.39 is 11.5 Å². The fourth-order valence-corrected chi connectivity index (χ4v) is 2.28. The lowest BCUT2D eigenvalue weighted by Gasteiger charge is -2.34. The molecule has 0 radical (unpaired) electrons. The minimum Gasteiger partial charge on any atom is -0.480 e. The van der Waals surface area contributed by atoms with Gasteiger partial charge in [0.25, 0.3) is 0 Å². The third-order valence-electron chi connectivity index (χ3n) is 3.74. The van der Waals surface area contributed by atoms with Crippen LogP contribution in [0.5, 0.6) is 0 Å². The summed E-state index contributed by atoms with van der Waals surface area (Å²) in [6.45, 7) is 6.75. The second-order valence-electron chi connectivity index (χ2n) is 5.41. The van der Waals surface area contributed by atoms with E-state index in [2.05, 4.69) is 11.1 Å². The molecule has 0 saturated heterocycles. The van der Waals surface area contributed by atoms with Gasteiger partial charge in [0.15, 0.2) is 0 Å². The minimum atomic E-state index is -0.876. The number of fused-ring (bicyclic) bond motifs is 1. The van der Waals surface area contributed by atoms with Crippen LogP contribution in [0.3, 0.4) is 0 Å². The van der Waals surface area contributed by atoms with Crippen LogP contribution in [-0.2, 0) is 11.3 Å². The summed E-state index contributed by atoms with van der Waals surface area (Å²) in [4.78, 5) is 17.6. The number of hydrogen-bond acceptors (Lipinski definition) is 3. The van der Waals surface area contributed by atoms with Gasteiger partial charge in [-0.2, -0.15) is 0 Å². The number of aromatic nitrogens is 1. The molecule has 0 aliphatic carbocycles. The molecule has 1 heterocycles. The molecule has 2 aromatic rings. The van der Waals surface area contributed by atoms with Crippen LogP contribution in [0.25, 0.3) is 10.9 Å². The monoisotopic (exact) mass is 272 g/mol. The van der Waals surface area contributed by atoms with Gasteiger partial charge in [-0.25, -0.2) is 0 Å². The van der Waals surface area contributed by atoms with E-state index in [1.807, 2.05) is 36.1 Å². The zero-order chi connectivity index (χ0) is 14.8. The number of benzene rings is 1. The molecular formula is C16H20N2O2. The summed E-state index contributed by atoms with van der Waals surface area (Å²) < 4.78 is 0. The third kappa shape index (κ3) is 2.80. The minimum absolute atomic E-state index is 0.612. The van der Waals surface area contributed by atoms with E-state index in [-0.39, 0.29) is 0 Å². The van der Waals surface area contributed by atoms with E-state index in [1.54, 1.807) is 20.0 Å². The number of aliphatic carboxylic acids is 1. The average molecular weight is 272 g/mol. The average Bonchev–Trinajstić information content (AvgIpc) is 2.44. The van der Waals surface area contributed by atoms with Gasteiger partial charge in [-0.1, -0.05) is 19.1 Å². The molecule has 1 aromatic heterocycles. The number of carboxylic acid groups (broad SMARTS) is 1. The first-order valence-electron chi connectivity index (χ1n) is 6.77. The summed E-state index contributed by atoms with van der Waals surface area (Å²) in [5.74, 6) is -0.804. The Bertz CT molecular complexity index is 623. The topological polar surface area (TPSA) is 53.4 Å². The Morgan fingerprint density at radius 2 is 2.10 bits per heavy atom. The Morgan fingerprint density at radius 3 is 2.75 bits per heavy atom. The molecule has 0 fully saturated rings. The van der Waals surface area contributed by atoms with Gasteiger partial charge in [0.05, 0.1) is 5.52 Å². The van der Waals surface area contributed by atoms with Gasteiger partial charge >= 0.3 is 5.97 Å². The van der Waals surface area contributed by atoms with Crippen LogP contribution >= 0.6 is 0 Å². The Morgan fingerprint density at radius 1 is 1.35 bits per heavy atom. The Labute approximate surface area is 119 Å². The quantitative estimate of drug-likeness (QED) is 0.909. The first-order valence-corrected chi connectivity index (χ1v) is 6.77. The zero-order valence-electron chi connectivity index (χ0n) is 12.1. The smallest absolute Gasteiger partial charge is 0.323 e. The lowest BCUT2D eigenvalue weighted by atomic mass is 10.0. The van der Waals surface area contributed by atoms with Crippen LogP contribution in [0, 0.1) is 0 Å². The van der Waals surface area contributed by atoms with Crippen molar-refractivity contribution in [3.05, 3.63) is 42.1 Å². The summed E-state index contributed by atoms with van der Waals surface area (Å²) in [7, 11) is 0. The van der Waals surface area contributed by atoms with Crippen LogP contribution in [0.15, 0.2) is 36.5 Å². The normalized spacial score (nSPS) is 12.0. The summed E-state index contributed by atoms with van der Waals surface area (Å²) in [6.07, 6.45) is 1.77. The number of pyridine rings is 1. The molecule has 20 heavy (non-hydrogen) atoms. The SMILES string of the molecule is CCN(Cc1ccc2ncccc2c1)C(C)(C)C(=O)O. The Balaban J connectivity index is 2.28. The third-order valence-corrected chi connectivity index (χ3v) is 3.74. The fourth-order valence-electron chi connectivity index (χ4n) is 2.28. The lowest BCUT2D eigenvalue weighted by molar-refractivity contribution is -0.149. The molecule has 4 nitrogen and oxygen atoms in total. The molecule has 1 aromatic carbocycles. The molecule has 0 spiro atoms. The van der Waals surface area contributed by atoms with Crippen molar-refractivity contribution in [2.24, 2.45) is 0 Å². The number of carboxylic acids is 1. The summed E-state index contributed by atoms with van der Waals surface area (Å²) >= 11 is 0. The van der Waals surface area contributed by atoms with Gasteiger partial charge < -0.3 is 5.11 Å². The number of likely N-dealkylation sites (N-methyl/N-ethyl adjacent to an activating group) is 1. The highest BCUT2D eigenvalue weighted by Gasteiger charge is 2.33. The number of nitrogens with zero attached hydrogens (tertiary/aromatic N) is 2. The van der Waals surface area contributed by atoms with Crippen molar-refractivity contribution < 1.29 is 9.90 Å². The van der Waals surface area contributed by atoms with Crippen LogP contribution < -0.4 is 0 Å². The molecule has 0 unspecified atom stereocenters. The molecular weight excluding hydrogens is 252 g/mol. The molecule has 4 heteroatoms. The predicted octanol–water partition coefficient (Wildman–Crippen LogP) is 2.92. The van der Waals surface area contributed by atoms with Gasteiger partial charge in [-0.3, -0.25) is 14.7 Å². The summed E-state index contributed by atoms with van der Waals surface area (Å²) in [5, 5.41) is 10.4. The fraction of sp³-hybridized carbons (Fsp3) is 0.375. The van der Waals surface area contributed by atoms with Crippen LogP contribution in [-0.4, -0.2) is 33.0 Å². The molecule has 2 rings (SSSR count). The Kier molecular flexibility index (Phi) is 4.04. The molecule has 1 N–H and O–H groups in total. The van der Waals surface area contributed by atoms with Crippen molar-refractivity contribution in [2.75, 3.05) is 6.54 Å². The predicted molar refractivity (Wildman–Crippen MR) is 79.5 cm³/mol. The van der Waals surface area contributed by atoms with Crippen LogP contribution in [0.4, 0.5) is 0 Å². The largest absolute Gasteiger partial charge is 0.480 e. The maximum absolute atomic E-state index is 11.4. The first kappa shape index (κ1) is 14.5. The van der Waals surface area contributed by atoms with Crippen molar-refractivity contribution >= 4 is 16.9 Å². The van der Waals surface area contributed by atoms with Crippen LogP contribution in [0.2, 0.25) is 0 Å². The van der Waals surface area contributed by atoms with Crippen molar-refractivity contribution in [3.63, 3.8) is 0 Å². The molecule has 0 atom stereocenters. The van der Waals surface area contributed by atoms with E-state index in [4.69, 9.17) is 0 Å². The van der Waals surface area contributed by atoms with E-state index in [1.165, 1.54) is 0 Å². The molecule has 0 aliphatic rings. The van der Waals surface area contributed by atoms with Crippen molar-refractivity contribution in [3.8, 4) is 0 Å². The maximum Gasteiger partial charge on any atom is 0.323 e. The second kappa shape index (κ2) is 5.59. The standard InChI is InChI=1S/C16H20N2O2/c1-4-18(16(2,3)15(19)20)11-12-7-8-14-13(10-12)6-5-9-17-14/h5-10H,4,11H2,1-3H3,(H,19,20). The molecule has 0 aliphatic heterocycles. The highest BCUT2D eigenvalue weighted by Crippen LogP contribution is 2.20. The van der Waals surface area contributed by atoms with Crippen LogP contribution in [0.1, 0.15) is 26.3 Å². The van der Waals surface area contributed by atoms with E-state index in [0.717, 1.165) is 16.5 Å². The zero-order valence-corrected chi connectivity index (χ0v) is 12.1. The van der Waals surface area contributed by atoms with Crippen molar-refractivity contribution in [1.29, 1.82) is 0 Å². The van der Waals surface area contributed by atoms with Gasteiger partial charge in [-0.05, 0) is 44.2 Å². The molecule has 0 saturated carbocycles. The Hall–Kier alpha value is -1.94. The lowest BCUT2D eigenvalue weighted by Crippen LogP contribution is -2.49. The highest BCUT2D eigenvalue weighted by atomic mass is 16.4. The van der Waals surface area contributed by atoms with Gasteiger partial charge in [-0.15, -0.1) is 0 Å². The van der Waals surface area contributed by atoms with E-state index in [0.29, 0.717) is 13.1 Å². The maximum atomic E-state index is 11.4. The summed E-state index contributed by atoms with van der Waals surface area (Å²) in [6, 6.07) is 9.99. The van der Waals surface area contributed by atoms with E-state index >= 15 is 0 Å². The van der Waals surface area contributed by atoms with Gasteiger partial charge in [0, 0.05) is 18.1 Å². The number of rotatable bonds is 5. The number of hydrogen-bond donors (Lipinski definition) is 1. The molecule has 106 valence electrons. The summed E-state index contributed by atoms with van der Waals surface area (Å²) in [5.41, 5.74) is 1.18. The molecule has 0 bridgehead atoms. The van der Waals surface area contributed by atoms with E-state index in [9.17, 15) is 9.90 Å². The van der Waals surface area contributed by atoms with Gasteiger partial charge in [0.1, 0.15) is 5.54 Å². The molecule has 0 amide bonds. The van der Waals surface area contributed by atoms with Crippen molar-refractivity contribution in [2.45, 2.75) is 32.9 Å².